The number of nitrogens with two attached hydrogens (primary N) is 1. The normalized spacial score (nSPS) is 12.5. The van der Waals surface area contributed by atoms with Crippen LogP contribution in [0.2, 0.25) is 0 Å². The minimum absolute atomic E-state index is 0.335. The smallest absolute Gasteiger partial charge is 0.239 e. The van der Waals surface area contributed by atoms with Gasteiger partial charge < -0.3 is 16.2 Å². The lowest BCUT2D eigenvalue weighted by molar-refractivity contribution is -0.123. The fourth-order valence-electron chi connectivity index (χ4n) is 1.36. The Bertz CT molecular complexity index is 379. The minimum Gasteiger partial charge on any atom is -0.394 e. The molecule has 0 heterocycles. The van der Waals surface area contributed by atoms with Crippen LogP contribution >= 0.6 is 11.8 Å². The third kappa shape index (κ3) is 5.08. The number of carbonyl (C=O) groups excluding carboxylic acids is 1. The van der Waals surface area contributed by atoms with Crippen LogP contribution in [0.1, 0.15) is 19.4 Å². The molecule has 5 heteroatoms. The van der Waals surface area contributed by atoms with Crippen molar-refractivity contribution in [2.45, 2.75) is 36.6 Å². The number of carbonyl (C=O) groups is 1. The molecule has 18 heavy (non-hydrogen) atoms. The molecular formula is C13H20N2O2S. The fourth-order valence-corrected chi connectivity index (χ4v) is 2.20. The van der Waals surface area contributed by atoms with Gasteiger partial charge in [0.15, 0.2) is 0 Å². The molecule has 0 saturated carbocycles. The molecule has 0 aliphatic carbocycles. The van der Waals surface area contributed by atoms with E-state index in [0.717, 1.165) is 5.56 Å². The number of nitrogens with one attached hydrogen (secondary N) is 1. The average Bonchev–Trinajstić information content (AvgIpc) is 2.36. The number of aliphatic hydroxyl groups is 1. The molecule has 100 valence electrons. The summed E-state index contributed by atoms with van der Waals surface area (Å²) in [6, 6.07) is 7.20. The minimum atomic E-state index is -0.847. The first-order valence-corrected chi connectivity index (χ1v) is 6.80. The van der Waals surface area contributed by atoms with Gasteiger partial charge in [-0.25, -0.2) is 0 Å². The molecule has 1 aromatic rings. The molecule has 0 aliphatic heterocycles. The second-order valence-corrected chi connectivity index (χ2v) is 5.97. The fraction of sp³-hybridized carbons (Fsp3) is 0.462. The van der Waals surface area contributed by atoms with Gasteiger partial charge in [-0.1, -0.05) is 26.0 Å². The molecule has 0 radical (unpaired) electrons. The number of aliphatic hydroxyl groups excluding tert-OH is 1. The number of thioether (sulfide) groups is 1. The number of rotatable bonds is 6. The van der Waals surface area contributed by atoms with Crippen molar-refractivity contribution >= 4 is 17.7 Å². The van der Waals surface area contributed by atoms with Crippen molar-refractivity contribution in [1.29, 1.82) is 0 Å². The first kappa shape index (κ1) is 15.0. The molecule has 1 aromatic carbocycles. The molecule has 1 atom stereocenters. The maximum absolute atomic E-state index is 11.4. The van der Waals surface area contributed by atoms with Gasteiger partial charge in [0.05, 0.1) is 6.61 Å². The maximum atomic E-state index is 11.4. The van der Waals surface area contributed by atoms with E-state index in [1.807, 2.05) is 24.3 Å². The van der Waals surface area contributed by atoms with Crippen LogP contribution in [0.3, 0.4) is 0 Å². The van der Waals surface area contributed by atoms with E-state index in [1.54, 1.807) is 11.8 Å². The molecule has 1 rings (SSSR count). The van der Waals surface area contributed by atoms with Crippen LogP contribution in [0.4, 0.5) is 0 Å². The van der Waals surface area contributed by atoms with Crippen LogP contribution in [0.25, 0.3) is 0 Å². The monoisotopic (exact) mass is 268 g/mol. The first-order valence-electron chi connectivity index (χ1n) is 5.92. The molecular weight excluding hydrogens is 248 g/mol. The molecule has 0 bridgehead atoms. The average molecular weight is 268 g/mol. The lowest BCUT2D eigenvalue weighted by atomic mass is 10.2. The van der Waals surface area contributed by atoms with Crippen LogP contribution in [0.15, 0.2) is 29.2 Å². The topological polar surface area (TPSA) is 75.4 Å². The second-order valence-electron chi connectivity index (χ2n) is 4.32. The largest absolute Gasteiger partial charge is 0.394 e. The van der Waals surface area contributed by atoms with Gasteiger partial charge in [0.25, 0.3) is 0 Å². The molecule has 4 nitrogen and oxygen atoms in total. The van der Waals surface area contributed by atoms with Crippen LogP contribution < -0.4 is 11.1 Å². The summed E-state index contributed by atoms with van der Waals surface area (Å²) in [5.74, 6) is -0.335. The number of amides is 1. The lowest BCUT2D eigenvalue weighted by Crippen LogP contribution is -2.42. The summed E-state index contributed by atoms with van der Waals surface area (Å²) in [4.78, 5) is 12.6. The number of benzene rings is 1. The molecule has 4 N–H and O–H groups in total. The van der Waals surface area contributed by atoms with Gasteiger partial charge in [0.1, 0.15) is 6.04 Å². The van der Waals surface area contributed by atoms with E-state index in [-0.39, 0.29) is 12.5 Å². The zero-order valence-corrected chi connectivity index (χ0v) is 11.5. The quantitative estimate of drug-likeness (QED) is 0.676. The Hall–Kier alpha value is -1.04. The highest BCUT2D eigenvalue weighted by Crippen LogP contribution is 2.22. The molecule has 0 saturated heterocycles. The molecule has 1 unspecified atom stereocenters. The standard InChI is InChI=1S/C13H20N2O2S/c1-9(2)18-11-5-3-10(4-6-11)7-15-13(17)12(14)8-16/h3-6,9,12,16H,7-8,14H2,1-2H3,(H,15,17). The van der Waals surface area contributed by atoms with Crippen molar-refractivity contribution in [2.24, 2.45) is 5.73 Å². The molecule has 0 spiro atoms. The van der Waals surface area contributed by atoms with Crippen molar-refractivity contribution < 1.29 is 9.90 Å². The SMILES string of the molecule is CC(C)Sc1ccc(CNC(=O)C(N)CO)cc1. The van der Waals surface area contributed by atoms with E-state index in [4.69, 9.17) is 10.8 Å². The summed E-state index contributed by atoms with van der Waals surface area (Å²) >= 11 is 1.80. The Morgan fingerprint density at radius 3 is 2.50 bits per heavy atom. The van der Waals surface area contributed by atoms with E-state index >= 15 is 0 Å². The Morgan fingerprint density at radius 2 is 2.00 bits per heavy atom. The first-order chi connectivity index (χ1) is 8.52. The van der Waals surface area contributed by atoms with Crippen molar-refractivity contribution in [3.63, 3.8) is 0 Å². The Morgan fingerprint density at radius 1 is 1.39 bits per heavy atom. The number of hydrogen-bond donors (Lipinski definition) is 3. The van der Waals surface area contributed by atoms with Crippen molar-refractivity contribution in [3.05, 3.63) is 29.8 Å². The van der Waals surface area contributed by atoms with Crippen molar-refractivity contribution in [3.8, 4) is 0 Å². The van der Waals surface area contributed by atoms with Gasteiger partial charge >= 0.3 is 0 Å². The summed E-state index contributed by atoms with van der Waals surface area (Å²) in [5.41, 5.74) is 6.41. The van der Waals surface area contributed by atoms with Crippen LogP contribution in [0, 0.1) is 0 Å². The summed E-state index contributed by atoms with van der Waals surface area (Å²) < 4.78 is 0. The van der Waals surface area contributed by atoms with Gasteiger partial charge in [-0.05, 0) is 17.7 Å². The van der Waals surface area contributed by atoms with Gasteiger partial charge in [0, 0.05) is 16.7 Å². The summed E-state index contributed by atoms with van der Waals surface area (Å²) in [7, 11) is 0. The van der Waals surface area contributed by atoms with Gasteiger partial charge in [-0.2, -0.15) is 0 Å². The third-order valence-electron chi connectivity index (χ3n) is 2.30. The van der Waals surface area contributed by atoms with Gasteiger partial charge in [0.2, 0.25) is 5.91 Å². The van der Waals surface area contributed by atoms with Crippen LogP contribution in [-0.2, 0) is 11.3 Å². The predicted molar refractivity (Wildman–Crippen MR) is 74.3 cm³/mol. The molecule has 0 aromatic heterocycles. The highest BCUT2D eigenvalue weighted by Gasteiger charge is 2.10. The van der Waals surface area contributed by atoms with E-state index in [1.165, 1.54) is 4.90 Å². The van der Waals surface area contributed by atoms with E-state index < -0.39 is 6.04 Å². The highest BCUT2D eigenvalue weighted by atomic mass is 32.2. The second kappa shape index (κ2) is 7.41. The summed E-state index contributed by atoms with van der Waals surface area (Å²) in [5, 5.41) is 12.0. The highest BCUT2D eigenvalue weighted by molar-refractivity contribution is 7.99. The van der Waals surface area contributed by atoms with Crippen molar-refractivity contribution in [2.75, 3.05) is 6.61 Å². The van der Waals surface area contributed by atoms with E-state index in [2.05, 4.69) is 19.2 Å². The maximum Gasteiger partial charge on any atom is 0.239 e. The van der Waals surface area contributed by atoms with Crippen LogP contribution in [-0.4, -0.2) is 28.9 Å². The van der Waals surface area contributed by atoms with Gasteiger partial charge in [-0.15, -0.1) is 11.8 Å². The Kier molecular flexibility index (Phi) is 6.18. The van der Waals surface area contributed by atoms with E-state index in [9.17, 15) is 4.79 Å². The Balaban J connectivity index is 2.46. The van der Waals surface area contributed by atoms with E-state index in [0.29, 0.717) is 11.8 Å². The third-order valence-corrected chi connectivity index (χ3v) is 3.31. The number of hydrogen-bond acceptors (Lipinski definition) is 4. The van der Waals surface area contributed by atoms with Crippen molar-refractivity contribution in [1.82, 2.24) is 5.32 Å². The molecule has 0 aliphatic rings. The molecule has 1 amide bonds. The van der Waals surface area contributed by atoms with Crippen LogP contribution in [0.5, 0.6) is 0 Å². The Labute approximate surface area is 112 Å². The molecule has 0 fully saturated rings. The van der Waals surface area contributed by atoms with Gasteiger partial charge in [-0.3, -0.25) is 4.79 Å². The predicted octanol–water partition coefficient (Wildman–Crippen LogP) is 1.12. The summed E-state index contributed by atoms with van der Waals surface area (Å²) in [6.07, 6.45) is 0. The zero-order chi connectivity index (χ0) is 13.5. The summed E-state index contributed by atoms with van der Waals surface area (Å²) in [6.45, 7) is 4.39. The zero-order valence-electron chi connectivity index (χ0n) is 10.7. The lowest BCUT2D eigenvalue weighted by Gasteiger charge is -2.10.